The van der Waals surface area contributed by atoms with Gasteiger partial charge < -0.3 is 4.74 Å². The molecular weight excluding hydrogens is 374 g/mol. The Bertz CT molecular complexity index is 711. The molecular formula is C21H33N3OS2. The number of benzene rings is 1. The van der Waals surface area contributed by atoms with Gasteiger partial charge in [-0.2, -0.15) is 16.9 Å². The Morgan fingerprint density at radius 1 is 1.07 bits per heavy atom. The fourth-order valence-electron chi connectivity index (χ4n) is 3.09. The summed E-state index contributed by atoms with van der Waals surface area (Å²) < 4.78 is 7.98. The van der Waals surface area contributed by atoms with Crippen molar-refractivity contribution in [3.05, 3.63) is 34.9 Å². The van der Waals surface area contributed by atoms with Crippen molar-refractivity contribution in [2.24, 2.45) is 0 Å². The smallest absolute Gasteiger partial charge is 0.199 e. The first-order valence-electron chi connectivity index (χ1n) is 10.1. The lowest BCUT2D eigenvalue weighted by molar-refractivity contribution is 0.414. The fraction of sp³-hybridized carbons (Fsp3) is 0.619. The zero-order chi connectivity index (χ0) is 19.3. The van der Waals surface area contributed by atoms with Crippen LogP contribution in [0.25, 0.3) is 5.69 Å². The molecule has 0 aliphatic heterocycles. The molecule has 6 heteroatoms. The molecule has 1 aromatic heterocycles. The van der Waals surface area contributed by atoms with Gasteiger partial charge in [0.05, 0.1) is 12.8 Å². The highest BCUT2D eigenvalue weighted by Crippen LogP contribution is 2.19. The molecule has 1 aromatic carbocycles. The van der Waals surface area contributed by atoms with Crippen LogP contribution >= 0.6 is 24.0 Å². The summed E-state index contributed by atoms with van der Waals surface area (Å²) in [4.78, 5) is 0. The summed E-state index contributed by atoms with van der Waals surface area (Å²) in [5, 5.41) is 7.36. The highest BCUT2D eigenvalue weighted by molar-refractivity contribution is 7.99. The van der Waals surface area contributed by atoms with Crippen LogP contribution in [-0.4, -0.2) is 33.4 Å². The molecule has 0 saturated carbocycles. The lowest BCUT2D eigenvalue weighted by Gasteiger charge is -2.08. The van der Waals surface area contributed by atoms with Crippen molar-refractivity contribution in [3.63, 3.8) is 0 Å². The summed E-state index contributed by atoms with van der Waals surface area (Å²) in [6.45, 7) is 2.27. The topological polar surface area (TPSA) is 42.8 Å². The second-order valence-corrected chi connectivity index (χ2v) is 8.43. The van der Waals surface area contributed by atoms with Crippen LogP contribution in [0.1, 0.15) is 64.1 Å². The average molecular weight is 408 g/mol. The van der Waals surface area contributed by atoms with E-state index in [1.54, 1.807) is 7.11 Å². The molecule has 150 valence electrons. The summed E-state index contributed by atoms with van der Waals surface area (Å²) >= 11 is 7.53. The molecule has 0 aliphatic rings. The van der Waals surface area contributed by atoms with Crippen molar-refractivity contribution >= 4 is 24.0 Å². The maximum atomic E-state index is 5.42. The minimum atomic E-state index is 0.636. The van der Waals surface area contributed by atoms with Crippen molar-refractivity contribution in [1.29, 1.82) is 0 Å². The number of rotatable bonds is 14. The lowest BCUT2D eigenvalue weighted by atomic mass is 10.2. The normalized spacial score (nSPS) is 11.0. The second-order valence-electron chi connectivity index (χ2n) is 6.82. The van der Waals surface area contributed by atoms with E-state index < -0.39 is 0 Å². The average Bonchev–Trinajstić information content (AvgIpc) is 3.06. The van der Waals surface area contributed by atoms with Crippen molar-refractivity contribution in [3.8, 4) is 11.4 Å². The Morgan fingerprint density at radius 2 is 1.81 bits per heavy atom. The van der Waals surface area contributed by atoms with Crippen LogP contribution < -0.4 is 4.74 Å². The SMILES string of the molecule is CCCCCCCSCCCCCc1n[nH]c(=S)n1-c1cccc(OC)c1. The van der Waals surface area contributed by atoms with E-state index in [-0.39, 0.29) is 0 Å². The molecule has 0 atom stereocenters. The van der Waals surface area contributed by atoms with Gasteiger partial charge in [0.2, 0.25) is 0 Å². The molecule has 2 rings (SSSR count). The van der Waals surface area contributed by atoms with Gasteiger partial charge in [-0.25, -0.2) is 0 Å². The van der Waals surface area contributed by atoms with Crippen LogP contribution in [0, 0.1) is 4.77 Å². The molecule has 0 saturated heterocycles. The van der Waals surface area contributed by atoms with Crippen LogP contribution in [0.4, 0.5) is 0 Å². The molecule has 1 N–H and O–H groups in total. The van der Waals surface area contributed by atoms with Crippen molar-refractivity contribution in [2.75, 3.05) is 18.6 Å². The van der Waals surface area contributed by atoms with E-state index >= 15 is 0 Å². The third kappa shape index (κ3) is 7.70. The number of aromatic nitrogens is 3. The van der Waals surface area contributed by atoms with E-state index in [0.717, 1.165) is 30.1 Å². The maximum Gasteiger partial charge on any atom is 0.199 e. The Kier molecular flexibility index (Phi) is 10.6. The van der Waals surface area contributed by atoms with Gasteiger partial charge in [0.1, 0.15) is 11.6 Å². The summed E-state index contributed by atoms with van der Waals surface area (Å²) in [7, 11) is 1.68. The summed E-state index contributed by atoms with van der Waals surface area (Å²) in [6, 6.07) is 7.95. The van der Waals surface area contributed by atoms with E-state index in [1.165, 1.54) is 56.5 Å². The fourth-order valence-corrected chi connectivity index (χ4v) is 4.36. The van der Waals surface area contributed by atoms with Crippen molar-refractivity contribution in [1.82, 2.24) is 14.8 Å². The molecule has 0 fully saturated rings. The van der Waals surface area contributed by atoms with Gasteiger partial charge >= 0.3 is 0 Å². The van der Waals surface area contributed by atoms with Gasteiger partial charge in [-0.15, -0.1) is 0 Å². The van der Waals surface area contributed by atoms with Crippen LogP contribution in [-0.2, 0) is 6.42 Å². The van der Waals surface area contributed by atoms with Gasteiger partial charge in [-0.1, -0.05) is 45.1 Å². The Morgan fingerprint density at radius 3 is 2.56 bits per heavy atom. The number of unbranched alkanes of at least 4 members (excludes halogenated alkanes) is 6. The molecule has 27 heavy (non-hydrogen) atoms. The number of nitrogens with one attached hydrogen (secondary N) is 1. The van der Waals surface area contributed by atoms with Crippen LogP contribution in [0.5, 0.6) is 5.75 Å². The minimum Gasteiger partial charge on any atom is -0.497 e. The van der Waals surface area contributed by atoms with Gasteiger partial charge in [-0.05, 0) is 55.1 Å². The van der Waals surface area contributed by atoms with Gasteiger partial charge in [0.25, 0.3) is 0 Å². The largest absolute Gasteiger partial charge is 0.497 e. The third-order valence-electron chi connectivity index (χ3n) is 4.63. The van der Waals surface area contributed by atoms with E-state index in [1.807, 2.05) is 28.8 Å². The number of aryl methyl sites for hydroxylation is 1. The second kappa shape index (κ2) is 13.0. The molecule has 0 aliphatic carbocycles. The van der Waals surface area contributed by atoms with E-state index in [4.69, 9.17) is 17.0 Å². The molecule has 4 nitrogen and oxygen atoms in total. The van der Waals surface area contributed by atoms with Crippen LogP contribution in [0.15, 0.2) is 24.3 Å². The summed E-state index contributed by atoms with van der Waals surface area (Å²) in [5.41, 5.74) is 1.00. The summed E-state index contributed by atoms with van der Waals surface area (Å²) in [5.74, 6) is 4.42. The molecule has 0 radical (unpaired) electrons. The first-order valence-corrected chi connectivity index (χ1v) is 11.7. The van der Waals surface area contributed by atoms with E-state index in [0.29, 0.717) is 4.77 Å². The Hall–Kier alpha value is -1.27. The number of hydrogen-bond donors (Lipinski definition) is 1. The monoisotopic (exact) mass is 407 g/mol. The zero-order valence-corrected chi connectivity index (χ0v) is 18.3. The quantitative estimate of drug-likeness (QED) is 0.292. The Labute approximate surface area is 173 Å². The summed E-state index contributed by atoms with van der Waals surface area (Å²) in [6.07, 6.45) is 11.5. The van der Waals surface area contributed by atoms with Gasteiger partial charge in [-0.3, -0.25) is 9.67 Å². The van der Waals surface area contributed by atoms with Crippen molar-refractivity contribution < 1.29 is 4.74 Å². The lowest BCUT2D eigenvalue weighted by Crippen LogP contribution is -2.02. The van der Waals surface area contributed by atoms with Gasteiger partial charge in [0.15, 0.2) is 4.77 Å². The molecule has 0 bridgehead atoms. The highest BCUT2D eigenvalue weighted by atomic mass is 32.2. The van der Waals surface area contributed by atoms with Crippen molar-refractivity contribution in [2.45, 2.75) is 64.7 Å². The number of thioether (sulfide) groups is 1. The number of nitrogens with zero attached hydrogens (tertiary/aromatic N) is 2. The predicted octanol–water partition coefficient (Wildman–Crippen LogP) is 6.35. The van der Waals surface area contributed by atoms with E-state index in [9.17, 15) is 0 Å². The number of H-pyrrole nitrogens is 1. The Balaban J connectivity index is 1.69. The molecule has 1 heterocycles. The molecule has 2 aromatic rings. The minimum absolute atomic E-state index is 0.636. The molecule has 0 spiro atoms. The van der Waals surface area contributed by atoms with Gasteiger partial charge in [0, 0.05) is 12.5 Å². The number of methoxy groups -OCH3 is 1. The van der Waals surface area contributed by atoms with Crippen LogP contribution in [0.2, 0.25) is 0 Å². The standard InChI is InChI=1S/C21H33N3OS2/c1-3-4-5-6-9-15-27-16-10-7-8-14-20-22-23-21(26)24(20)18-12-11-13-19(17-18)25-2/h11-13,17H,3-10,14-16H2,1-2H3,(H,23,26). The number of aromatic amines is 1. The first kappa shape index (κ1) is 22.0. The number of hydrogen-bond acceptors (Lipinski definition) is 4. The maximum absolute atomic E-state index is 5.42. The zero-order valence-electron chi connectivity index (χ0n) is 16.7. The molecule has 0 unspecified atom stereocenters. The van der Waals surface area contributed by atoms with Crippen LogP contribution in [0.3, 0.4) is 0 Å². The predicted molar refractivity (Wildman–Crippen MR) is 119 cm³/mol. The third-order valence-corrected chi connectivity index (χ3v) is 6.06. The highest BCUT2D eigenvalue weighted by Gasteiger charge is 2.09. The first-order chi connectivity index (χ1) is 13.3. The van der Waals surface area contributed by atoms with E-state index in [2.05, 4.69) is 28.9 Å². The number of ether oxygens (including phenoxy) is 1. The molecule has 0 amide bonds.